The molecule has 0 aromatic heterocycles. The van der Waals surface area contributed by atoms with E-state index in [1.807, 2.05) is 31.2 Å². The third-order valence-electron chi connectivity index (χ3n) is 8.36. The van der Waals surface area contributed by atoms with E-state index in [-0.39, 0.29) is 44.0 Å². The predicted octanol–water partition coefficient (Wildman–Crippen LogP) is 2.71. The number of hydrogen-bond acceptors (Lipinski definition) is 8. The predicted molar refractivity (Wildman–Crippen MR) is 169 cm³/mol. The van der Waals surface area contributed by atoms with E-state index in [0.717, 1.165) is 18.4 Å². The molecule has 4 amide bonds. The molecular weight excluding hydrogens is 590 g/mol. The number of benzene rings is 1. The average Bonchev–Trinajstić information content (AvgIpc) is 3.36. The van der Waals surface area contributed by atoms with Crippen molar-refractivity contribution in [2.24, 2.45) is 10.9 Å². The van der Waals surface area contributed by atoms with Crippen molar-refractivity contribution in [2.45, 2.75) is 83.2 Å². The summed E-state index contributed by atoms with van der Waals surface area (Å²) in [4.78, 5) is 71.1. The van der Waals surface area contributed by atoms with E-state index in [2.05, 4.69) is 28.6 Å². The summed E-state index contributed by atoms with van der Waals surface area (Å²) in [6.45, 7) is 4.57. The molecule has 3 fully saturated rings. The number of carbonyl (C=O) groups is 5. The highest BCUT2D eigenvalue weighted by Crippen LogP contribution is 2.27. The largest absolute Gasteiger partial charge is 0.433 e. The molecular formula is C34H41N5O7. The van der Waals surface area contributed by atoms with Crippen LogP contribution in [0.2, 0.25) is 0 Å². The molecule has 5 atom stereocenters. The van der Waals surface area contributed by atoms with Gasteiger partial charge in [-0.2, -0.15) is 0 Å². The van der Waals surface area contributed by atoms with Crippen molar-refractivity contribution in [3.05, 3.63) is 72.0 Å². The molecule has 3 saturated heterocycles. The third-order valence-corrected chi connectivity index (χ3v) is 8.36. The Balaban J connectivity index is 1.30. The van der Waals surface area contributed by atoms with Gasteiger partial charge < -0.3 is 20.1 Å². The molecule has 0 spiro atoms. The average molecular weight is 632 g/mol. The van der Waals surface area contributed by atoms with Crippen LogP contribution in [0.15, 0.2) is 71.4 Å². The summed E-state index contributed by atoms with van der Waals surface area (Å²) in [5.41, 5.74) is 1.75. The zero-order chi connectivity index (χ0) is 32.6. The van der Waals surface area contributed by atoms with Crippen molar-refractivity contribution < 1.29 is 33.4 Å². The van der Waals surface area contributed by atoms with Crippen molar-refractivity contribution in [1.29, 1.82) is 0 Å². The van der Waals surface area contributed by atoms with Crippen LogP contribution >= 0.6 is 0 Å². The van der Waals surface area contributed by atoms with Gasteiger partial charge in [-0.05, 0) is 43.6 Å². The van der Waals surface area contributed by atoms with Crippen molar-refractivity contribution in [3.63, 3.8) is 0 Å². The van der Waals surface area contributed by atoms with Gasteiger partial charge in [0.1, 0.15) is 23.8 Å². The van der Waals surface area contributed by atoms with Crippen LogP contribution in [0.4, 0.5) is 0 Å². The van der Waals surface area contributed by atoms with E-state index in [1.54, 1.807) is 30.5 Å². The minimum absolute atomic E-state index is 0.0135. The number of nitrogens with one attached hydrogen (secondary N) is 2. The number of allylic oxidation sites excluding steroid dienone is 4. The lowest BCUT2D eigenvalue weighted by Gasteiger charge is -2.43. The minimum Gasteiger partial charge on any atom is -0.433 e. The summed E-state index contributed by atoms with van der Waals surface area (Å²) < 4.78 is 11.3. The van der Waals surface area contributed by atoms with Gasteiger partial charge >= 0.3 is 5.97 Å². The van der Waals surface area contributed by atoms with Crippen molar-refractivity contribution >= 4 is 35.3 Å². The number of hydrazine groups is 1. The highest BCUT2D eigenvalue weighted by Gasteiger charge is 2.46. The van der Waals surface area contributed by atoms with Gasteiger partial charge in [0.25, 0.3) is 11.8 Å². The first-order valence-corrected chi connectivity index (χ1v) is 15.9. The van der Waals surface area contributed by atoms with Crippen LogP contribution in [0.5, 0.6) is 0 Å². The lowest BCUT2D eigenvalue weighted by Crippen LogP contribution is -2.64. The summed E-state index contributed by atoms with van der Waals surface area (Å²) in [5.74, 6) is -2.09. The maximum atomic E-state index is 14.0. The number of cyclic esters (lactones) is 1. The van der Waals surface area contributed by atoms with Gasteiger partial charge in [-0.25, -0.2) is 5.01 Å². The molecule has 0 bridgehead atoms. The Morgan fingerprint density at radius 2 is 1.91 bits per heavy atom. The number of aliphatic imine (C=N–C) groups is 1. The molecule has 4 aliphatic rings. The Labute approximate surface area is 268 Å². The molecule has 0 saturated carbocycles. The molecule has 2 N–H and O–H groups in total. The summed E-state index contributed by atoms with van der Waals surface area (Å²) in [5, 5.41) is 8.13. The molecule has 0 radical (unpaired) electrons. The number of esters is 1. The zero-order valence-electron chi connectivity index (χ0n) is 26.2. The van der Waals surface area contributed by atoms with Gasteiger partial charge in [-0.1, -0.05) is 68.5 Å². The molecule has 12 nitrogen and oxygen atoms in total. The molecule has 5 rings (SSSR count). The van der Waals surface area contributed by atoms with Crippen molar-refractivity contribution in [1.82, 2.24) is 20.7 Å². The topological polar surface area (TPSA) is 147 Å². The molecule has 1 aliphatic carbocycles. The highest BCUT2D eigenvalue weighted by atomic mass is 16.7. The van der Waals surface area contributed by atoms with Crippen molar-refractivity contribution in [2.75, 3.05) is 13.2 Å². The first kappa shape index (κ1) is 32.8. The maximum Gasteiger partial charge on any atom is 0.310 e. The number of fused-ring (bicyclic) bond motifs is 1. The Hall–Kier alpha value is -4.58. The standard InChI is InChI=1S/C34H41N5O7/c1-3-4-17-35-30(24-12-6-5-7-13-24)32(43)36-25-15-16-28(40)38-18-9-14-27(39(38)33(25)44)31(42)37-26-20-29(41)46-34(26)45-21-23-11-8-10-22(2)19-23/h4-8,10-13,17,22,25-27,34H,3,9,14-16,18-21H2,1-2H3,(H,36,43)(H,37,42)/b17-4-,35-30?/t22-,25+,26+,27+,34+/m1/s1. The maximum absolute atomic E-state index is 14.0. The van der Waals surface area contributed by atoms with Gasteiger partial charge in [0, 0.05) is 24.7 Å². The second kappa shape index (κ2) is 15.1. The number of ether oxygens (including phenoxy) is 2. The van der Waals surface area contributed by atoms with Gasteiger partial charge in [-0.15, -0.1) is 0 Å². The van der Waals surface area contributed by atoms with E-state index in [1.165, 1.54) is 10.0 Å². The van der Waals surface area contributed by atoms with Crippen molar-refractivity contribution in [3.8, 4) is 0 Å². The Morgan fingerprint density at radius 3 is 2.67 bits per heavy atom. The van der Waals surface area contributed by atoms with Crippen LogP contribution in [-0.2, 0) is 33.4 Å². The van der Waals surface area contributed by atoms with E-state index < -0.39 is 48.1 Å². The molecule has 12 heteroatoms. The number of amides is 4. The molecule has 46 heavy (non-hydrogen) atoms. The Kier molecular flexibility index (Phi) is 10.8. The third kappa shape index (κ3) is 7.79. The van der Waals surface area contributed by atoms with Crippen LogP contribution in [0.25, 0.3) is 0 Å². The Morgan fingerprint density at radius 1 is 1.11 bits per heavy atom. The van der Waals surface area contributed by atoms with Gasteiger partial charge in [0.2, 0.25) is 18.1 Å². The second-order valence-corrected chi connectivity index (χ2v) is 11.9. The smallest absolute Gasteiger partial charge is 0.310 e. The van der Waals surface area contributed by atoms with Gasteiger partial charge in [0.05, 0.1) is 13.0 Å². The second-order valence-electron chi connectivity index (χ2n) is 11.9. The molecule has 3 aliphatic heterocycles. The minimum atomic E-state index is -1.06. The van der Waals surface area contributed by atoms with Crippen LogP contribution in [0.3, 0.4) is 0 Å². The van der Waals surface area contributed by atoms with Crippen LogP contribution in [-0.4, -0.2) is 82.9 Å². The quantitative estimate of drug-likeness (QED) is 0.298. The zero-order valence-corrected chi connectivity index (χ0v) is 26.2. The van der Waals surface area contributed by atoms with E-state index >= 15 is 0 Å². The molecule has 1 aromatic carbocycles. The van der Waals surface area contributed by atoms with Gasteiger partial charge in [0.15, 0.2) is 0 Å². The normalized spacial score (nSPS) is 26.8. The van der Waals surface area contributed by atoms with E-state index in [4.69, 9.17) is 9.47 Å². The Bertz CT molecular complexity index is 1450. The molecule has 244 valence electrons. The summed E-state index contributed by atoms with van der Waals surface area (Å²) in [6.07, 6.45) is 10.8. The van der Waals surface area contributed by atoms with Gasteiger partial charge in [-0.3, -0.25) is 34.0 Å². The van der Waals surface area contributed by atoms with E-state index in [0.29, 0.717) is 24.3 Å². The molecule has 1 aromatic rings. The highest BCUT2D eigenvalue weighted by molar-refractivity contribution is 6.45. The number of hydrogen-bond donors (Lipinski definition) is 2. The summed E-state index contributed by atoms with van der Waals surface area (Å²) in [7, 11) is 0. The fourth-order valence-corrected chi connectivity index (χ4v) is 6.04. The lowest BCUT2D eigenvalue weighted by molar-refractivity contribution is -0.177. The van der Waals surface area contributed by atoms with Crippen LogP contribution < -0.4 is 10.6 Å². The molecule has 3 heterocycles. The lowest BCUT2D eigenvalue weighted by atomic mass is 9.96. The monoisotopic (exact) mass is 631 g/mol. The number of carbonyl (C=O) groups excluding carboxylic acids is 5. The molecule has 0 unspecified atom stereocenters. The fraction of sp³-hybridized carbons (Fsp3) is 0.471. The van der Waals surface area contributed by atoms with Crippen LogP contribution in [0, 0.1) is 5.92 Å². The number of nitrogens with zero attached hydrogens (tertiary/aromatic N) is 3. The first-order chi connectivity index (χ1) is 22.2. The number of rotatable bonds is 10. The van der Waals surface area contributed by atoms with Crippen LogP contribution in [0.1, 0.15) is 64.4 Å². The fourth-order valence-electron chi connectivity index (χ4n) is 6.04. The first-order valence-electron chi connectivity index (χ1n) is 15.9. The van der Waals surface area contributed by atoms with E-state index in [9.17, 15) is 24.0 Å². The summed E-state index contributed by atoms with van der Waals surface area (Å²) in [6, 6.07) is 6.05. The SMILES string of the molecule is CC/C=C\N=C(C(=O)N[C@H]1CCC(=O)N2CCC[C@@H](C(=O)N[C@H]3CC(=O)O[C@@H]3OCC3=CC=C[C@@H](C)C3)N2C1=O)c1ccccc1. The summed E-state index contributed by atoms with van der Waals surface area (Å²) >= 11 is 0.